The van der Waals surface area contributed by atoms with Gasteiger partial charge in [0.05, 0.1) is 24.2 Å². The van der Waals surface area contributed by atoms with Gasteiger partial charge in [-0.1, -0.05) is 53.5 Å². The van der Waals surface area contributed by atoms with Gasteiger partial charge >= 0.3 is 0 Å². The number of ether oxygens (including phenoxy) is 2. The van der Waals surface area contributed by atoms with E-state index in [0.717, 1.165) is 10.9 Å². The number of benzene rings is 3. The van der Waals surface area contributed by atoms with Crippen LogP contribution in [-0.4, -0.2) is 23.0 Å². The molecule has 192 valence electrons. The van der Waals surface area contributed by atoms with E-state index in [1.54, 1.807) is 24.3 Å². The molecular weight excluding hydrogens is 629 g/mol. The van der Waals surface area contributed by atoms with Gasteiger partial charge in [0, 0.05) is 20.4 Å². The summed E-state index contributed by atoms with van der Waals surface area (Å²) in [5.74, 6) is 0.864. The van der Waals surface area contributed by atoms with E-state index in [2.05, 4.69) is 37.0 Å². The van der Waals surface area contributed by atoms with Crippen LogP contribution in [0, 0.1) is 5.82 Å². The van der Waals surface area contributed by atoms with Crippen LogP contribution >= 0.6 is 43.5 Å². The SMILES string of the molecule is CC[C@@H](C)c1nc2ccc(Br)cc2c(=O)n1N=Cc1cc(OC)c(OCc2cccc(F)c2)c(Cl)c1Br. The van der Waals surface area contributed by atoms with Gasteiger partial charge < -0.3 is 9.47 Å². The molecule has 0 N–H and O–H groups in total. The van der Waals surface area contributed by atoms with Gasteiger partial charge in [0.15, 0.2) is 11.5 Å². The highest BCUT2D eigenvalue weighted by atomic mass is 79.9. The topological polar surface area (TPSA) is 65.7 Å². The fourth-order valence-electron chi connectivity index (χ4n) is 3.67. The minimum absolute atomic E-state index is 0.00180. The van der Waals surface area contributed by atoms with E-state index in [4.69, 9.17) is 26.1 Å². The van der Waals surface area contributed by atoms with Crippen LogP contribution in [0.4, 0.5) is 4.39 Å². The van der Waals surface area contributed by atoms with E-state index in [1.807, 2.05) is 26.0 Å². The van der Waals surface area contributed by atoms with E-state index >= 15 is 0 Å². The largest absolute Gasteiger partial charge is 0.493 e. The molecule has 10 heteroatoms. The van der Waals surface area contributed by atoms with Crippen LogP contribution in [0.1, 0.15) is 43.1 Å². The van der Waals surface area contributed by atoms with Crippen molar-refractivity contribution in [1.29, 1.82) is 0 Å². The lowest BCUT2D eigenvalue weighted by Gasteiger charge is -2.16. The molecule has 4 aromatic rings. The van der Waals surface area contributed by atoms with Crippen LogP contribution in [0.2, 0.25) is 5.02 Å². The lowest BCUT2D eigenvalue weighted by atomic mass is 10.1. The molecule has 0 unspecified atom stereocenters. The maximum atomic E-state index is 13.5. The summed E-state index contributed by atoms with van der Waals surface area (Å²) in [7, 11) is 1.49. The number of halogens is 4. The molecule has 37 heavy (non-hydrogen) atoms. The molecule has 1 aromatic heterocycles. The standard InChI is InChI=1S/C27H23Br2ClFN3O3/c1-4-15(2)26-33-21-9-8-18(28)12-20(21)27(35)34(26)32-13-17-11-22(36-3)25(24(30)23(17)29)37-14-16-6-5-7-19(31)10-16/h5-13,15H,4,14H2,1-3H3/t15-/m1/s1. The van der Waals surface area contributed by atoms with E-state index in [0.29, 0.717) is 43.8 Å². The summed E-state index contributed by atoms with van der Waals surface area (Å²) in [4.78, 5) is 18.1. The Balaban J connectivity index is 1.75. The molecular formula is C27H23Br2ClFN3O3. The Labute approximate surface area is 235 Å². The van der Waals surface area contributed by atoms with Crippen LogP contribution in [0.3, 0.4) is 0 Å². The van der Waals surface area contributed by atoms with Gasteiger partial charge in [0.1, 0.15) is 23.3 Å². The Bertz CT molecular complexity index is 1560. The second-order valence-electron chi connectivity index (χ2n) is 8.35. The Morgan fingerprint density at radius 1 is 1.22 bits per heavy atom. The van der Waals surface area contributed by atoms with Crippen molar-refractivity contribution in [3.8, 4) is 11.5 Å². The highest BCUT2D eigenvalue weighted by Gasteiger charge is 2.19. The van der Waals surface area contributed by atoms with Crippen LogP contribution in [0.15, 0.2) is 67.4 Å². The summed E-state index contributed by atoms with van der Waals surface area (Å²) >= 11 is 13.5. The molecule has 0 bridgehead atoms. The Kier molecular flexibility index (Phi) is 8.67. The molecule has 1 atom stereocenters. The average Bonchev–Trinajstić information content (AvgIpc) is 2.89. The molecule has 0 saturated carbocycles. The van der Waals surface area contributed by atoms with Gasteiger partial charge in [-0.15, -0.1) is 0 Å². The summed E-state index contributed by atoms with van der Waals surface area (Å²) in [6.07, 6.45) is 2.30. The minimum atomic E-state index is -0.352. The zero-order valence-electron chi connectivity index (χ0n) is 20.3. The number of rotatable bonds is 8. The Hall–Kier alpha value is -2.75. The number of nitrogens with zero attached hydrogens (tertiary/aromatic N) is 3. The molecule has 0 aliphatic carbocycles. The van der Waals surface area contributed by atoms with Gasteiger partial charge in [0.2, 0.25) is 0 Å². The fraction of sp³-hybridized carbons (Fsp3) is 0.222. The molecule has 4 rings (SSSR count). The molecule has 0 spiro atoms. The maximum absolute atomic E-state index is 13.5. The van der Waals surface area contributed by atoms with Gasteiger partial charge in [0.25, 0.3) is 5.56 Å². The summed E-state index contributed by atoms with van der Waals surface area (Å²) in [5.41, 5.74) is 1.55. The number of methoxy groups -OCH3 is 1. The summed E-state index contributed by atoms with van der Waals surface area (Å²) in [6.45, 7) is 4.12. The molecule has 6 nitrogen and oxygen atoms in total. The number of hydrogen-bond donors (Lipinski definition) is 0. The molecule has 0 fully saturated rings. The smallest absolute Gasteiger partial charge is 0.282 e. The maximum Gasteiger partial charge on any atom is 0.282 e. The van der Waals surface area contributed by atoms with Crippen LogP contribution in [-0.2, 0) is 6.61 Å². The van der Waals surface area contributed by atoms with Gasteiger partial charge in [-0.25, -0.2) is 9.37 Å². The van der Waals surface area contributed by atoms with Gasteiger partial charge in [-0.05, 0) is 64.3 Å². The molecule has 0 radical (unpaired) electrons. The van der Waals surface area contributed by atoms with Crippen LogP contribution in [0.5, 0.6) is 11.5 Å². The average molecular weight is 652 g/mol. The first-order valence-corrected chi connectivity index (χ1v) is 13.4. The van der Waals surface area contributed by atoms with Crippen molar-refractivity contribution in [3.05, 3.63) is 95.6 Å². The monoisotopic (exact) mass is 649 g/mol. The van der Waals surface area contributed by atoms with Gasteiger partial charge in [-0.2, -0.15) is 9.78 Å². The molecule has 3 aromatic carbocycles. The third-order valence-electron chi connectivity index (χ3n) is 5.85. The predicted octanol–water partition coefficient (Wildman–Crippen LogP) is 7.70. The minimum Gasteiger partial charge on any atom is -0.493 e. The van der Waals surface area contributed by atoms with Crippen molar-refractivity contribution in [1.82, 2.24) is 9.66 Å². The van der Waals surface area contributed by atoms with E-state index < -0.39 is 0 Å². The van der Waals surface area contributed by atoms with Gasteiger partial charge in [-0.3, -0.25) is 4.79 Å². The Morgan fingerprint density at radius 2 is 2.00 bits per heavy atom. The zero-order chi connectivity index (χ0) is 26.7. The van der Waals surface area contributed by atoms with E-state index in [1.165, 1.54) is 30.1 Å². The third-order valence-corrected chi connectivity index (χ3v) is 7.78. The molecule has 0 amide bonds. The van der Waals surface area contributed by atoms with Crippen molar-refractivity contribution >= 4 is 60.6 Å². The molecule has 0 aliphatic rings. The summed E-state index contributed by atoms with van der Waals surface area (Å²) in [5, 5.41) is 5.22. The summed E-state index contributed by atoms with van der Waals surface area (Å²) in [6, 6.07) is 13.2. The highest BCUT2D eigenvalue weighted by molar-refractivity contribution is 9.10. The highest BCUT2D eigenvalue weighted by Crippen LogP contribution is 2.42. The first kappa shape index (κ1) is 27.3. The van der Waals surface area contributed by atoms with Crippen molar-refractivity contribution in [2.45, 2.75) is 32.8 Å². The lowest BCUT2D eigenvalue weighted by Crippen LogP contribution is -2.23. The second kappa shape index (κ2) is 11.8. The predicted molar refractivity (Wildman–Crippen MR) is 152 cm³/mol. The number of hydrogen-bond acceptors (Lipinski definition) is 5. The van der Waals surface area contributed by atoms with E-state index in [-0.39, 0.29) is 28.9 Å². The molecule has 0 aliphatic heterocycles. The first-order valence-electron chi connectivity index (χ1n) is 11.4. The molecule has 0 saturated heterocycles. The van der Waals surface area contributed by atoms with Crippen molar-refractivity contribution in [2.24, 2.45) is 5.10 Å². The normalized spacial score (nSPS) is 12.3. The number of aromatic nitrogens is 2. The Morgan fingerprint density at radius 3 is 2.70 bits per heavy atom. The van der Waals surface area contributed by atoms with Crippen molar-refractivity contribution < 1.29 is 13.9 Å². The lowest BCUT2D eigenvalue weighted by molar-refractivity contribution is 0.284. The fourth-order valence-corrected chi connectivity index (χ4v) is 4.68. The van der Waals surface area contributed by atoms with Crippen molar-refractivity contribution in [2.75, 3.05) is 7.11 Å². The quantitative estimate of drug-likeness (QED) is 0.183. The van der Waals surface area contributed by atoms with Crippen molar-refractivity contribution in [3.63, 3.8) is 0 Å². The second-order valence-corrected chi connectivity index (χ2v) is 10.4. The number of fused-ring (bicyclic) bond motifs is 1. The molecule has 1 heterocycles. The summed E-state index contributed by atoms with van der Waals surface area (Å²) < 4.78 is 27.5. The van der Waals surface area contributed by atoms with Crippen LogP contribution < -0.4 is 15.0 Å². The van der Waals surface area contributed by atoms with E-state index in [9.17, 15) is 9.18 Å². The first-order chi connectivity index (χ1) is 17.7. The van der Waals surface area contributed by atoms with Crippen LogP contribution in [0.25, 0.3) is 10.9 Å². The third kappa shape index (κ3) is 5.89. The zero-order valence-corrected chi connectivity index (χ0v) is 24.2.